The van der Waals surface area contributed by atoms with Gasteiger partial charge in [-0.25, -0.2) is 0 Å². The van der Waals surface area contributed by atoms with E-state index in [1.807, 2.05) is 12.1 Å². The predicted molar refractivity (Wildman–Crippen MR) is 57.0 cm³/mol. The molecular weight excluding hydrogens is 158 g/mol. The molecule has 0 heterocycles. The Kier molecular flexibility index (Phi) is 4.37. The van der Waals surface area contributed by atoms with E-state index in [0.29, 0.717) is 5.69 Å². The maximum atomic E-state index is 7.33. The van der Waals surface area contributed by atoms with Crippen molar-refractivity contribution >= 4 is 5.69 Å². The fourth-order valence-electron chi connectivity index (χ4n) is 1.43. The smallest absolute Gasteiger partial charge is 0.0540 e. The molecule has 0 bridgehead atoms. The summed E-state index contributed by atoms with van der Waals surface area (Å²) in [6.07, 6.45) is 6.42. The third kappa shape index (κ3) is 3.97. The summed E-state index contributed by atoms with van der Waals surface area (Å²) in [6, 6.07) is 7.87. The van der Waals surface area contributed by atoms with Crippen LogP contribution in [0.2, 0.25) is 0 Å². The third-order valence-electron chi connectivity index (χ3n) is 2.27. The van der Waals surface area contributed by atoms with E-state index in [2.05, 4.69) is 19.1 Å². The van der Waals surface area contributed by atoms with E-state index in [9.17, 15) is 0 Å². The zero-order chi connectivity index (χ0) is 9.52. The van der Waals surface area contributed by atoms with Gasteiger partial charge in [-0.1, -0.05) is 38.3 Å². The molecule has 0 aliphatic heterocycles. The van der Waals surface area contributed by atoms with Crippen molar-refractivity contribution in [3.63, 3.8) is 0 Å². The van der Waals surface area contributed by atoms with Crippen LogP contribution in [-0.4, -0.2) is 0 Å². The Labute approximate surface area is 81.0 Å². The normalized spacial score (nSPS) is 10.2. The van der Waals surface area contributed by atoms with Crippen LogP contribution in [0.3, 0.4) is 0 Å². The van der Waals surface area contributed by atoms with Gasteiger partial charge >= 0.3 is 0 Å². The molecular formula is C12H18N. The van der Waals surface area contributed by atoms with Crippen LogP contribution in [0.15, 0.2) is 24.3 Å². The van der Waals surface area contributed by atoms with Crippen molar-refractivity contribution in [2.24, 2.45) is 0 Å². The second kappa shape index (κ2) is 5.63. The maximum Gasteiger partial charge on any atom is 0.0540 e. The highest BCUT2D eigenvalue weighted by Crippen LogP contribution is 2.10. The molecule has 1 aromatic carbocycles. The van der Waals surface area contributed by atoms with Crippen molar-refractivity contribution < 1.29 is 0 Å². The standard InChI is InChI=1S/C12H18N/c1-2-3-4-5-6-11-7-9-12(13)10-8-11/h7-10,13H,2-6H2,1H3. The number of unbranched alkanes of at least 4 members (excludes halogenated alkanes) is 3. The highest BCUT2D eigenvalue weighted by atomic mass is 14.5. The van der Waals surface area contributed by atoms with Crippen molar-refractivity contribution in [2.75, 3.05) is 0 Å². The highest BCUT2D eigenvalue weighted by Gasteiger charge is 1.92. The van der Waals surface area contributed by atoms with Crippen molar-refractivity contribution in [3.8, 4) is 0 Å². The summed E-state index contributed by atoms with van der Waals surface area (Å²) >= 11 is 0. The lowest BCUT2D eigenvalue weighted by molar-refractivity contribution is 0.667. The highest BCUT2D eigenvalue weighted by molar-refractivity contribution is 5.35. The molecule has 0 atom stereocenters. The second-order valence-electron chi connectivity index (χ2n) is 3.51. The predicted octanol–water partition coefficient (Wildman–Crippen LogP) is 3.72. The zero-order valence-electron chi connectivity index (χ0n) is 8.34. The maximum absolute atomic E-state index is 7.33. The van der Waals surface area contributed by atoms with Crippen LogP contribution < -0.4 is 5.73 Å². The number of hydrogen-bond donors (Lipinski definition) is 0. The summed E-state index contributed by atoms with van der Waals surface area (Å²) in [7, 11) is 0. The number of rotatable bonds is 5. The minimum Gasteiger partial charge on any atom is -0.301 e. The van der Waals surface area contributed by atoms with Crippen molar-refractivity contribution in [1.82, 2.24) is 5.73 Å². The summed E-state index contributed by atoms with van der Waals surface area (Å²) < 4.78 is 0. The number of nitrogens with one attached hydrogen (secondary N) is 1. The molecule has 0 spiro atoms. The summed E-state index contributed by atoms with van der Waals surface area (Å²) in [5, 5.41) is 0. The fourth-order valence-corrected chi connectivity index (χ4v) is 1.43. The van der Waals surface area contributed by atoms with Crippen LogP contribution in [0.4, 0.5) is 5.69 Å². The van der Waals surface area contributed by atoms with Gasteiger partial charge < -0.3 is 5.73 Å². The van der Waals surface area contributed by atoms with Gasteiger partial charge in [0.15, 0.2) is 0 Å². The minimum atomic E-state index is 0.609. The quantitative estimate of drug-likeness (QED) is 0.610. The van der Waals surface area contributed by atoms with Crippen LogP contribution >= 0.6 is 0 Å². The van der Waals surface area contributed by atoms with E-state index in [1.165, 1.54) is 37.7 Å². The van der Waals surface area contributed by atoms with Gasteiger partial charge in [0, 0.05) is 0 Å². The topological polar surface area (TPSA) is 23.8 Å². The van der Waals surface area contributed by atoms with E-state index in [0.717, 1.165) is 0 Å². The van der Waals surface area contributed by atoms with Gasteiger partial charge in [0.2, 0.25) is 0 Å². The van der Waals surface area contributed by atoms with Crippen molar-refractivity contribution in [2.45, 2.75) is 39.0 Å². The molecule has 1 rings (SSSR count). The Morgan fingerprint density at radius 1 is 1.00 bits per heavy atom. The molecule has 13 heavy (non-hydrogen) atoms. The van der Waals surface area contributed by atoms with Crippen LogP contribution in [-0.2, 0) is 6.42 Å². The van der Waals surface area contributed by atoms with Crippen LogP contribution in [0.25, 0.3) is 0 Å². The first-order valence-corrected chi connectivity index (χ1v) is 5.13. The first kappa shape index (κ1) is 10.1. The number of hydrogen-bond acceptors (Lipinski definition) is 0. The molecule has 1 nitrogen and oxygen atoms in total. The third-order valence-corrected chi connectivity index (χ3v) is 2.27. The van der Waals surface area contributed by atoms with Crippen molar-refractivity contribution in [3.05, 3.63) is 29.8 Å². The molecule has 71 valence electrons. The van der Waals surface area contributed by atoms with Gasteiger partial charge in [0.1, 0.15) is 0 Å². The molecule has 0 aromatic heterocycles. The SMILES string of the molecule is CCCCCCc1ccc([NH])cc1. The van der Waals surface area contributed by atoms with Gasteiger partial charge in [-0.05, 0) is 30.5 Å². The Balaban J connectivity index is 2.25. The Hall–Kier alpha value is -0.980. The molecule has 0 fully saturated rings. The summed E-state index contributed by atoms with van der Waals surface area (Å²) in [4.78, 5) is 0. The van der Waals surface area contributed by atoms with E-state index < -0.39 is 0 Å². The lowest BCUT2D eigenvalue weighted by Crippen LogP contribution is -1.85. The molecule has 1 aromatic rings. The second-order valence-corrected chi connectivity index (χ2v) is 3.51. The minimum absolute atomic E-state index is 0.609. The Morgan fingerprint density at radius 3 is 2.31 bits per heavy atom. The van der Waals surface area contributed by atoms with Gasteiger partial charge in [-0.3, -0.25) is 0 Å². The Morgan fingerprint density at radius 2 is 1.69 bits per heavy atom. The van der Waals surface area contributed by atoms with E-state index >= 15 is 0 Å². The van der Waals surface area contributed by atoms with Crippen LogP contribution in [0.1, 0.15) is 38.2 Å². The van der Waals surface area contributed by atoms with E-state index in [1.54, 1.807) is 0 Å². The molecule has 0 aliphatic carbocycles. The first-order chi connectivity index (χ1) is 6.33. The number of benzene rings is 1. The van der Waals surface area contributed by atoms with Gasteiger partial charge in [0.05, 0.1) is 5.69 Å². The molecule has 0 saturated heterocycles. The van der Waals surface area contributed by atoms with E-state index in [4.69, 9.17) is 5.73 Å². The van der Waals surface area contributed by atoms with E-state index in [-0.39, 0.29) is 0 Å². The zero-order valence-corrected chi connectivity index (χ0v) is 8.34. The van der Waals surface area contributed by atoms with Gasteiger partial charge in [-0.2, -0.15) is 0 Å². The first-order valence-electron chi connectivity index (χ1n) is 5.13. The molecule has 0 amide bonds. The summed E-state index contributed by atoms with van der Waals surface area (Å²) in [6.45, 7) is 2.23. The van der Waals surface area contributed by atoms with Gasteiger partial charge in [-0.15, -0.1) is 0 Å². The van der Waals surface area contributed by atoms with Gasteiger partial charge in [0.25, 0.3) is 0 Å². The van der Waals surface area contributed by atoms with Crippen LogP contribution in [0, 0.1) is 0 Å². The lowest BCUT2D eigenvalue weighted by Gasteiger charge is -2.00. The fraction of sp³-hybridized carbons (Fsp3) is 0.500. The molecule has 0 saturated carbocycles. The average Bonchev–Trinajstić information content (AvgIpc) is 2.15. The van der Waals surface area contributed by atoms with Crippen LogP contribution in [0.5, 0.6) is 0 Å². The molecule has 1 heteroatoms. The summed E-state index contributed by atoms with van der Waals surface area (Å²) in [5.41, 5.74) is 9.31. The monoisotopic (exact) mass is 176 g/mol. The summed E-state index contributed by atoms with van der Waals surface area (Å²) in [5.74, 6) is 0. The Bertz CT molecular complexity index is 225. The lowest BCUT2D eigenvalue weighted by atomic mass is 10.1. The molecule has 1 N–H and O–H groups in total. The number of aryl methyl sites for hydroxylation is 1. The molecule has 0 aliphatic rings. The van der Waals surface area contributed by atoms with Crippen molar-refractivity contribution in [1.29, 1.82) is 0 Å². The molecule has 1 radical (unpaired) electrons. The largest absolute Gasteiger partial charge is 0.301 e. The molecule has 0 unspecified atom stereocenters. The average molecular weight is 176 g/mol.